The minimum absolute atomic E-state index is 0.308. The molecule has 1 unspecified atom stereocenters. The van der Waals surface area contributed by atoms with Crippen LogP contribution in [0.3, 0.4) is 0 Å². The fourth-order valence-electron chi connectivity index (χ4n) is 2.52. The van der Waals surface area contributed by atoms with Crippen LogP contribution in [0.25, 0.3) is 0 Å². The van der Waals surface area contributed by atoms with Gasteiger partial charge in [0.15, 0.2) is 0 Å². The molecule has 2 rings (SSSR count). The van der Waals surface area contributed by atoms with Gasteiger partial charge >= 0.3 is 0 Å². The van der Waals surface area contributed by atoms with Crippen molar-refractivity contribution in [3.63, 3.8) is 0 Å². The second-order valence-electron chi connectivity index (χ2n) is 4.82. The molecule has 0 N–H and O–H groups in total. The molecule has 0 spiro atoms. The number of nitrogens with zero attached hydrogens (tertiary/aromatic N) is 1. The van der Waals surface area contributed by atoms with Gasteiger partial charge in [0, 0.05) is 24.4 Å². The molecule has 1 saturated heterocycles. The normalized spacial score (nSPS) is 28.3. The number of amides is 1. The monoisotopic (exact) mass is 229 g/mol. The standard InChI is InChI=1S/C12H20ClNO/c13-9-11-7-2-1-3-8-14(11)12(15)10-5-4-6-10/h10-11H,1-9H2. The van der Waals surface area contributed by atoms with Gasteiger partial charge in [-0.15, -0.1) is 11.6 Å². The van der Waals surface area contributed by atoms with Crippen LogP contribution >= 0.6 is 11.6 Å². The molecule has 1 aliphatic carbocycles. The smallest absolute Gasteiger partial charge is 0.225 e. The molecule has 1 aliphatic heterocycles. The molecule has 0 aromatic heterocycles. The molecule has 2 nitrogen and oxygen atoms in total. The number of carbonyl (C=O) groups excluding carboxylic acids is 1. The average molecular weight is 230 g/mol. The number of halogens is 1. The van der Waals surface area contributed by atoms with E-state index in [1.165, 1.54) is 19.3 Å². The first kappa shape index (κ1) is 11.3. The quantitative estimate of drug-likeness (QED) is 0.667. The molecule has 1 saturated carbocycles. The molecule has 15 heavy (non-hydrogen) atoms. The van der Waals surface area contributed by atoms with Crippen molar-refractivity contribution < 1.29 is 4.79 Å². The van der Waals surface area contributed by atoms with Crippen molar-refractivity contribution >= 4 is 17.5 Å². The fraction of sp³-hybridized carbons (Fsp3) is 0.917. The van der Waals surface area contributed by atoms with Crippen molar-refractivity contribution in [2.45, 2.75) is 51.0 Å². The summed E-state index contributed by atoms with van der Waals surface area (Å²) in [6.07, 6.45) is 8.17. The Morgan fingerprint density at radius 1 is 1.13 bits per heavy atom. The molecule has 1 heterocycles. The third kappa shape index (κ3) is 2.47. The Bertz CT molecular complexity index is 228. The van der Waals surface area contributed by atoms with Crippen LogP contribution in [-0.2, 0) is 4.79 Å². The molecule has 0 bridgehead atoms. The number of hydrogen-bond acceptors (Lipinski definition) is 1. The number of likely N-dealkylation sites (tertiary alicyclic amines) is 1. The molecule has 2 fully saturated rings. The summed E-state index contributed by atoms with van der Waals surface area (Å²) in [4.78, 5) is 14.2. The molecule has 2 aliphatic rings. The maximum absolute atomic E-state index is 12.2. The molecule has 1 atom stereocenters. The molecule has 3 heteroatoms. The SMILES string of the molecule is O=C(C1CCC1)N1CCCCCC1CCl. The highest BCUT2D eigenvalue weighted by atomic mass is 35.5. The van der Waals surface area contributed by atoms with Crippen LogP contribution in [0.5, 0.6) is 0 Å². The zero-order valence-electron chi connectivity index (χ0n) is 9.25. The van der Waals surface area contributed by atoms with Gasteiger partial charge in [0.2, 0.25) is 5.91 Å². The van der Waals surface area contributed by atoms with Gasteiger partial charge in [0.1, 0.15) is 0 Å². The predicted octanol–water partition coefficient (Wildman–Crippen LogP) is 2.80. The third-order valence-electron chi connectivity index (χ3n) is 3.79. The van der Waals surface area contributed by atoms with E-state index in [0.717, 1.165) is 32.2 Å². The number of hydrogen-bond donors (Lipinski definition) is 0. The summed E-state index contributed by atoms with van der Waals surface area (Å²) < 4.78 is 0. The Morgan fingerprint density at radius 2 is 1.93 bits per heavy atom. The second kappa shape index (κ2) is 5.20. The number of rotatable bonds is 2. The molecule has 1 amide bonds. The Labute approximate surface area is 97.0 Å². The van der Waals surface area contributed by atoms with Crippen LogP contribution in [0.2, 0.25) is 0 Å². The van der Waals surface area contributed by atoms with Crippen molar-refractivity contribution in [1.29, 1.82) is 0 Å². The maximum Gasteiger partial charge on any atom is 0.225 e. The zero-order valence-corrected chi connectivity index (χ0v) is 10.0. The second-order valence-corrected chi connectivity index (χ2v) is 5.13. The first-order valence-corrected chi connectivity index (χ1v) is 6.73. The largest absolute Gasteiger partial charge is 0.338 e. The minimum atomic E-state index is 0.308. The first-order chi connectivity index (χ1) is 7.33. The van der Waals surface area contributed by atoms with Crippen LogP contribution in [0.1, 0.15) is 44.9 Å². The van der Waals surface area contributed by atoms with Crippen molar-refractivity contribution in [2.75, 3.05) is 12.4 Å². The molecular weight excluding hydrogens is 210 g/mol. The van der Waals surface area contributed by atoms with Crippen molar-refractivity contribution in [3.05, 3.63) is 0 Å². The lowest BCUT2D eigenvalue weighted by Crippen LogP contribution is -2.45. The van der Waals surface area contributed by atoms with Gasteiger partial charge in [-0.05, 0) is 25.7 Å². The van der Waals surface area contributed by atoms with Gasteiger partial charge in [-0.25, -0.2) is 0 Å². The van der Waals surface area contributed by atoms with E-state index in [1.807, 2.05) is 0 Å². The van der Waals surface area contributed by atoms with Crippen LogP contribution in [0.4, 0.5) is 0 Å². The van der Waals surface area contributed by atoms with Gasteiger partial charge in [-0.1, -0.05) is 19.3 Å². The molecule has 0 radical (unpaired) electrons. The van der Waals surface area contributed by atoms with Gasteiger partial charge in [-0.3, -0.25) is 4.79 Å². The van der Waals surface area contributed by atoms with Crippen LogP contribution < -0.4 is 0 Å². The van der Waals surface area contributed by atoms with E-state index in [0.29, 0.717) is 23.7 Å². The molecule has 0 aromatic rings. The van der Waals surface area contributed by atoms with E-state index >= 15 is 0 Å². The highest BCUT2D eigenvalue weighted by Gasteiger charge is 2.33. The molecule has 86 valence electrons. The Morgan fingerprint density at radius 3 is 2.53 bits per heavy atom. The van der Waals surface area contributed by atoms with Crippen molar-refractivity contribution in [2.24, 2.45) is 5.92 Å². The highest BCUT2D eigenvalue weighted by molar-refractivity contribution is 6.18. The molecule has 0 aromatic carbocycles. The van der Waals surface area contributed by atoms with Crippen molar-refractivity contribution in [1.82, 2.24) is 4.90 Å². The maximum atomic E-state index is 12.2. The Balaban J connectivity index is 1.98. The van der Waals surface area contributed by atoms with E-state index in [2.05, 4.69) is 4.90 Å². The van der Waals surface area contributed by atoms with Gasteiger partial charge in [-0.2, -0.15) is 0 Å². The van der Waals surface area contributed by atoms with Crippen molar-refractivity contribution in [3.8, 4) is 0 Å². The van der Waals surface area contributed by atoms with E-state index in [4.69, 9.17) is 11.6 Å². The van der Waals surface area contributed by atoms with Crippen LogP contribution in [0.15, 0.2) is 0 Å². The summed E-state index contributed by atoms with van der Waals surface area (Å²) in [6.45, 7) is 0.937. The summed E-state index contributed by atoms with van der Waals surface area (Å²) >= 11 is 5.96. The van der Waals surface area contributed by atoms with E-state index in [1.54, 1.807) is 0 Å². The lowest BCUT2D eigenvalue weighted by Gasteiger charge is -2.35. The lowest BCUT2D eigenvalue weighted by molar-refractivity contribution is -0.140. The van der Waals surface area contributed by atoms with Gasteiger partial charge < -0.3 is 4.90 Å². The summed E-state index contributed by atoms with van der Waals surface area (Å²) in [5, 5.41) is 0. The summed E-state index contributed by atoms with van der Waals surface area (Å²) in [7, 11) is 0. The average Bonchev–Trinajstić information content (AvgIpc) is 2.39. The highest BCUT2D eigenvalue weighted by Crippen LogP contribution is 2.30. The zero-order chi connectivity index (χ0) is 10.7. The lowest BCUT2D eigenvalue weighted by atomic mass is 9.84. The Kier molecular flexibility index (Phi) is 3.90. The van der Waals surface area contributed by atoms with Crippen LogP contribution in [0, 0.1) is 5.92 Å². The predicted molar refractivity (Wildman–Crippen MR) is 62.0 cm³/mol. The number of alkyl halides is 1. The minimum Gasteiger partial charge on any atom is -0.338 e. The van der Waals surface area contributed by atoms with Gasteiger partial charge in [0.05, 0.1) is 0 Å². The topological polar surface area (TPSA) is 20.3 Å². The first-order valence-electron chi connectivity index (χ1n) is 6.19. The van der Waals surface area contributed by atoms with E-state index < -0.39 is 0 Å². The van der Waals surface area contributed by atoms with Gasteiger partial charge in [0.25, 0.3) is 0 Å². The molecular formula is C12H20ClNO. The number of carbonyl (C=O) groups is 1. The summed E-state index contributed by atoms with van der Waals surface area (Å²) in [5.41, 5.74) is 0. The summed E-state index contributed by atoms with van der Waals surface area (Å²) in [6, 6.07) is 0.308. The van der Waals surface area contributed by atoms with E-state index in [9.17, 15) is 4.79 Å². The fourth-order valence-corrected chi connectivity index (χ4v) is 2.84. The Hall–Kier alpha value is -0.240. The summed E-state index contributed by atoms with van der Waals surface area (Å²) in [5.74, 6) is 1.32. The van der Waals surface area contributed by atoms with Crippen LogP contribution in [-0.4, -0.2) is 29.3 Å². The van der Waals surface area contributed by atoms with E-state index in [-0.39, 0.29) is 0 Å². The third-order valence-corrected chi connectivity index (χ3v) is 4.15.